The first kappa shape index (κ1) is 12.0. The van der Waals surface area contributed by atoms with Gasteiger partial charge in [0.1, 0.15) is 0 Å². The summed E-state index contributed by atoms with van der Waals surface area (Å²) in [5, 5.41) is 2.84. The van der Waals surface area contributed by atoms with Crippen LogP contribution >= 0.6 is 0 Å². The highest BCUT2D eigenvalue weighted by Crippen LogP contribution is 2.45. The molecule has 1 atom stereocenters. The van der Waals surface area contributed by atoms with Crippen LogP contribution in [0.5, 0.6) is 0 Å². The molecule has 0 radical (unpaired) electrons. The molecule has 92 valence electrons. The van der Waals surface area contributed by atoms with E-state index in [4.69, 9.17) is 0 Å². The Kier molecular flexibility index (Phi) is 2.64. The van der Waals surface area contributed by atoms with E-state index in [1.807, 2.05) is 6.07 Å². The average Bonchev–Trinajstić information content (AvgIpc) is 2.40. The lowest BCUT2D eigenvalue weighted by Gasteiger charge is -2.28. The number of hydrogen-bond acceptors (Lipinski definition) is 2. The van der Waals surface area contributed by atoms with Crippen LogP contribution in [0.3, 0.4) is 0 Å². The fraction of sp³-hybridized carbons (Fsp3) is 0.500. The largest absolute Gasteiger partial charge is 0.371 e. The maximum atomic E-state index is 11.1. The van der Waals surface area contributed by atoms with Crippen LogP contribution in [0.15, 0.2) is 18.2 Å². The van der Waals surface area contributed by atoms with Crippen LogP contribution in [0.4, 0.5) is 11.4 Å². The molecule has 0 saturated heterocycles. The van der Waals surface area contributed by atoms with E-state index >= 15 is 0 Å². The fourth-order valence-electron chi connectivity index (χ4n) is 2.56. The van der Waals surface area contributed by atoms with E-state index in [-0.39, 0.29) is 11.3 Å². The maximum Gasteiger partial charge on any atom is 0.221 e. The molecular formula is C14H20N2O. The van der Waals surface area contributed by atoms with Gasteiger partial charge in [-0.05, 0) is 30.7 Å². The number of nitrogens with one attached hydrogen (secondary N) is 1. The second-order valence-electron chi connectivity index (χ2n) is 5.42. The van der Waals surface area contributed by atoms with Crippen LogP contribution < -0.4 is 10.2 Å². The van der Waals surface area contributed by atoms with Gasteiger partial charge in [-0.3, -0.25) is 4.79 Å². The molecular weight excluding hydrogens is 212 g/mol. The number of benzene rings is 1. The minimum Gasteiger partial charge on any atom is -0.371 e. The van der Waals surface area contributed by atoms with Crippen molar-refractivity contribution in [2.75, 3.05) is 17.3 Å². The van der Waals surface area contributed by atoms with Gasteiger partial charge in [-0.2, -0.15) is 0 Å². The molecule has 1 aromatic carbocycles. The lowest BCUT2D eigenvalue weighted by Crippen LogP contribution is -2.36. The highest BCUT2D eigenvalue weighted by Gasteiger charge is 2.40. The van der Waals surface area contributed by atoms with Crippen molar-refractivity contribution in [3.8, 4) is 0 Å². The normalized spacial score (nSPS) is 21.2. The van der Waals surface area contributed by atoms with Crippen LogP contribution in [-0.2, 0) is 10.2 Å². The number of nitrogens with zero attached hydrogens (tertiary/aromatic N) is 1. The van der Waals surface area contributed by atoms with Gasteiger partial charge in [0.2, 0.25) is 5.91 Å². The molecule has 1 aliphatic heterocycles. The Labute approximate surface area is 103 Å². The van der Waals surface area contributed by atoms with E-state index in [1.54, 1.807) is 0 Å². The summed E-state index contributed by atoms with van der Waals surface area (Å²) >= 11 is 0. The standard InChI is InChI=1S/C14H20N2O/c1-9-14(3,4)12-8-11(15-10(2)17)6-7-13(12)16(9)5/h6-9H,1-5H3,(H,15,17)/t9-/m0/s1. The number of hydrogen-bond donors (Lipinski definition) is 1. The predicted molar refractivity (Wildman–Crippen MR) is 71.6 cm³/mol. The second kappa shape index (κ2) is 3.76. The van der Waals surface area contributed by atoms with Crippen molar-refractivity contribution < 1.29 is 4.79 Å². The van der Waals surface area contributed by atoms with Crippen molar-refractivity contribution in [2.24, 2.45) is 0 Å². The molecule has 0 aliphatic carbocycles. The van der Waals surface area contributed by atoms with Gasteiger partial charge in [0.15, 0.2) is 0 Å². The lowest BCUT2D eigenvalue weighted by molar-refractivity contribution is -0.114. The van der Waals surface area contributed by atoms with Crippen molar-refractivity contribution in [1.29, 1.82) is 0 Å². The first-order valence-electron chi connectivity index (χ1n) is 5.99. The van der Waals surface area contributed by atoms with Gasteiger partial charge in [-0.25, -0.2) is 0 Å². The Hall–Kier alpha value is -1.51. The van der Waals surface area contributed by atoms with Crippen molar-refractivity contribution in [2.45, 2.75) is 39.2 Å². The van der Waals surface area contributed by atoms with Crippen LogP contribution in [0, 0.1) is 0 Å². The molecule has 0 unspecified atom stereocenters. The highest BCUT2D eigenvalue weighted by atomic mass is 16.1. The number of anilines is 2. The molecule has 1 heterocycles. The van der Waals surface area contributed by atoms with Gasteiger partial charge in [0.05, 0.1) is 0 Å². The van der Waals surface area contributed by atoms with Gasteiger partial charge in [-0.15, -0.1) is 0 Å². The molecule has 1 amide bonds. The average molecular weight is 232 g/mol. The predicted octanol–water partition coefficient (Wildman–Crippen LogP) is 2.76. The summed E-state index contributed by atoms with van der Waals surface area (Å²) in [6.07, 6.45) is 0. The van der Waals surface area contributed by atoms with E-state index in [1.165, 1.54) is 18.2 Å². The molecule has 17 heavy (non-hydrogen) atoms. The molecule has 0 spiro atoms. The summed E-state index contributed by atoms with van der Waals surface area (Å²) in [5.74, 6) is -0.0258. The third-order valence-electron chi connectivity index (χ3n) is 4.02. The highest BCUT2D eigenvalue weighted by molar-refractivity contribution is 5.89. The first-order valence-corrected chi connectivity index (χ1v) is 5.99. The summed E-state index contributed by atoms with van der Waals surface area (Å²) in [7, 11) is 2.12. The Morgan fingerprint density at radius 1 is 1.41 bits per heavy atom. The van der Waals surface area contributed by atoms with Gasteiger partial charge in [-0.1, -0.05) is 13.8 Å². The smallest absolute Gasteiger partial charge is 0.221 e. The molecule has 0 bridgehead atoms. The van der Waals surface area contributed by atoms with E-state index in [0.29, 0.717) is 6.04 Å². The number of carbonyl (C=O) groups is 1. The van der Waals surface area contributed by atoms with Crippen molar-refractivity contribution in [1.82, 2.24) is 0 Å². The molecule has 1 aromatic rings. The quantitative estimate of drug-likeness (QED) is 0.807. The van der Waals surface area contributed by atoms with Gasteiger partial charge >= 0.3 is 0 Å². The molecule has 0 fully saturated rings. The zero-order valence-corrected chi connectivity index (χ0v) is 11.2. The lowest BCUT2D eigenvalue weighted by atomic mass is 9.81. The Morgan fingerprint density at radius 2 is 2.06 bits per heavy atom. The van der Waals surface area contributed by atoms with Crippen molar-refractivity contribution in [3.63, 3.8) is 0 Å². The number of rotatable bonds is 1. The third-order valence-corrected chi connectivity index (χ3v) is 4.02. The summed E-state index contributed by atoms with van der Waals surface area (Å²) in [4.78, 5) is 13.4. The Balaban J connectivity index is 2.46. The van der Waals surface area contributed by atoms with Crippen molar-refractivity contribution >= 4 is 17.3 Å². The van der Waals surface area contributed by atoms with Crippen LogP contribution in [0.1, 0.15) is 33.3 Å². The Morgan fingerprint density at radius 3 is 2.65 bits per heavy atom. The summed E-state index contributed by atoms with van der Waals surface area (Å²) < 4.78 is 0. The molecule has 0 saturated carbocycles. The first-order chi connectivity index (χ1) is 7.84. The number of fused-ring (bicyclic) bond motifs is 1. The topological polar surface area (TPSA) is 32.3 Å². The van der Waals surface area contributed by atoms with Crippen LogP contribution in [0.25, 0.3) is 0 Å². The van der Waals surface area contributed by atoms with Gasteiger partial charge in [0.25, 0.3) is 0 Å². The molecule has 1 aliphatic rings. The Bertz CT molecular complexity index is 465. The molecule has 0 aromatic heterocycles. The van der Waals surface area contributed by atoms with Gasteiger partial charge < -0.3 is 10.2 Å². The number of likely N-dealkylation sites (N-methyl/N-ethyl adjacent to an activating group) is 1. The van der Waals surface area contributed by atoms with E-state index in [0.717, 1.165) is 5.69 Å². The number of amides is 1. The van der Waals surface area contributed by atoms with E-state index in [2.05, 4.69) is 50.2 Å². The zero-order chi connectivity index (χ0) is 12.8. The summed E-state index contributed by atoms with van der Waals surface area (Å²) in [6.45, 7) is 8.26. The summed E-state index contributed by atoms with van der Waals surface area (Å²) in [5.41, 5.74) is 3.56. The fourth-order valence-corrected chi connectivity index (χ4v) is 2.56. The molecule has 2 rings (SSSR count). The minimum absolute atomic E-state index is 0.0258. The van der Waals surface area contributed by atoms with Gasteiger partial charge in [0, 0.05) is 36.8 Å². The molecule has 3 nitrogen and oxygen atoms in total. The monoisotopic (exact) mass is 232 g/mol. The third kappa shape index (κ3) is 1.79. The van der Waals surface area contributed by atoms with E-state index < -0.39 is 0 Å². The van der Waals surface area contributed by atoms with Crippen molar-refractivity contribution in [3.05, 3.63) is 23.8 Å². The molecule has 1 N–H and O–H groups in total. The van der Waals surface area contributed by atoms with Crippen LogP contribution in [-0.4, -0.2) is 19.0 Å². The SMILES string of the molecule is CC(=O)Nc1ccc2c(c1)C(C)(C)[C@H](C)N2C. The number of carbonyl (C=O) groups excluding carboxylic acids is 1. The minimum atomic E-state index is -0.0258. The van der Waals surface area contributed by atoms with E-state index in [9.17, 15) is 4.79 Å². The molecule has 3 heteroatoms. The van der Waals surface area contributed by atoms with Crippen LogP contribution in [0.2, 0.25) is 0 Å². The maximum absolute atomic E-state index is 11.1. The zero-order valence-electron chi connectivity index (χ0n) is 11.2. The second-order valence-corrected chi connectivity index (χ2v) is 5.42. The summed E-state index contributed by atoms with van der Waals surface area (Å²) in [6, 6.07) is 6.61.